The van der Waals surface area contributed by atoms with Crippen molar-refractivity contribution in [2.45, 2.75) is 77.7 Å². The average Bonchev–Trinajstić information content (AvgIpc) is 2.97. The minimum absolute atomic E-state index is 0.195. The van der Waals surface area contributed by atoms with Gasteiger partial charge in [-0.3, -0.25) is 4.79 Å². The van der Waals surface area contributed by atoms with Gasteiger partial charge in [-0.2, -0.15) is 0 Å². The zero-order valence-electron chi connectivity index (χ0n) is 15.1. The molecule has 0 bridgehead atoms. The highest BCUT2D eigenvalue weighted by Crippen LogP contribution is 2.26. The maximum atomic E-state index is 12.1. The van der Waals surface area contributed by atoms with Crippen molar-refractivity contribution in [3.63, 3.8) is 0 Å². The molecule has 1 unspecified atom stereocenters. The number of hydrogen-bond acceptors (Lipinski definition) is 2. The van der Waals surface area contributed by atoms with Crippen LogP contribution in [0.1, 0.15) is 70.8 Å². The fourth-order valence-electron chi connectivity index (χ4n) is 3.16. The monoisotopic (exact) mass is 345 g/mol. The highest BCUT2D eigenvalue weighted by atomic mass is 32.1. The predicted molar refractivity (Wildman–Crippen MR) is 106 cm³/mol. The van der Waals surface area contributed by atoms with E-state index in [1.165, 1.54) is 54.2 Å². The van der Waals surface area contributed by atoms with Gasteiger partial charge in [-0.15, -0.1) is 11.3 Å². The smallest absolute Gasteiger partial charge is 0.220 e. The van der Waals surface area contributed by atoms with Crippen molar-refractivity contribution in [3.05, 3.63) is 35.2 Å². The topological polar surface area (TPSA) is 29.1 Å². The average molecular weight is 346 g/mol. The quantitative estimate of drug-likeness (QED) is 0.491. The molecule has 1 N–H and O–H groups in total. The summed E-state index contributed by atoms with van der Waals surface area (Å²) in [6, 6.07) is 8.69. The van der Waals surface area contributed by atoms with Gasteiger partial charge >= 0.3 is 0 Å². The second-order valence-electron chi connectivity index (χ2n) is 6.80. The summed E-state index contributed by atoms with van der Waals surface area (Å²) >= 11 is 1.79. The molecule has 0 aliphatic rings. The fourth-order valence-corrected chi connectivity index (χ4v) is 4.14. The maximum absolute atomic E-state index is 12.1. The van der Waals surface area contributed by atoms with Crippen molar-refractivity contribution in [1.29, 1.82) is 0 Å². The Balaban J connectivity index is 1.65. The van der Waals surface area contributed by atoms with Crippen molar-refractivity contribution in [3.8, 4) is 0 Å². The lowest BCUT2D eigenvalue weighted by molar-refractivity contribution is -0.121. The molecule has 1 atom stereocenters. The van der Waals surface area contributed by atoms with Gasteiger partial charge in [0, 0.05) is 17.2 Å². The molecule has 132 valence electrons. The standard InChI is InChI=1S/C21H31NOS/c1-3-4-5-6-7-8-9-14-21(23)22-17(2)15-18-16-24-20-13-11-10-12-19(18)20/h10-13,16-17H,3-9,14-15H2,1-2H3,(H,22,23). The van der Waals surface area contributed by atoms with Gasteiger partial charge in [0.2, 0.25) is 5.91 Å². The normalized spacial score (nSPS) is 12.4. The minimum atomic E-state index is 0.195. The molecule has 1 amide bonds. The molecular weight excluding hydrogens is 314 g/mol. The number of carbonyl (C=O) groups excluding carboxylic acids is 1. The first-order chi connectivity index (χ1) is 11.7. The van der Waals surface area contributed by atoms with Crippen LogP contribution in [0.2, 0.25) is 0 Å². The highest BCUT2D eigenvalue weighted by Gasteiger charge is 2.11. The summed E-state index contributed by atoms with van der Waals surface area (Å²) in [5, 5.41) is 6.71. The van der Waals surface area contributed by atoms with E-state index in [4.69, 9.17) is 0 Å². The van der Waals surface area contributed by atoms with Crippen LogP contribution >= 0.6 is 11.3 Å². The SMILES string of the molecule is CCCCCCCCCC(=O)NC(C)Cc1csc2ccccc12. The first kappa shape index (κ1) is 19.0. The lowest BCUT2D eigenvalue weighted by Crippen LogP contribution is -2.33. The summed E-state index contributed by atoms with van der Waals surface area (Å²) in [5.41, 5.74) is 1.35. The molecule has 1 aromatic carbocycles. The number of rotatable bonds is 11. The molecule has 1 heterocycles. The van der Waals surface area contributed by atoms with E-state index in [1.807, 2.05) is 0 Å². The zero-order valence-corrected chi connectivity index (χ0v) is 16.0. The van der Waals surface area contributed by atoms with Crippen molar-refractivity contribution in [2.75, 3.05) is 0 Å². The predicted octanol–water partition coefficient (Wildman–Crippen LogP) is 6.09. The van der Waals surface area contributed by atoms with E-state index in [2.05, 4.69) is 48.8 Å². The van der Waals surface area contributed by atoms with E-state index in [0.717, 1.165) is 12.8 Å². The summed E-state index contributed by atoms with van der Waals surface area (Å²) in [6.45, 7) is 4.35. The van der Waals surface area contributed by atoms with Gasteiger partial charge in [0.1, 0.15) is 0 Å². The van der Waals surface area contributed by atoms with Gasteiger partial charge in [0.15, 0.2) is 0 Å². The van der Waals surface area contributed by atoms with Crippen LogP contribution in [-0.4, -0.2) is 11.9 Å². The van der Waals surface area contributed by atoms with Crippen LogP contribution < -0.4 is 5.32 Å². The van der Waals surface area contributed by atoms with E-state index in [1.54, 1.807) is 11.3 Å². The Kier molecular flexibility index (Phi) is 8.31. The summed E-state index contributed by atoms with van der Waals surface area (Å²) in [7, 11) is 0. The number of hydrogen-bond donors (Lipinski definition) is 1. The minimum Gasteiger partial charge on any atom is -0.353 e. The van der Waals surface area contributed by atoms with Gasteiger partial charge in [-0.05, 0) is 42.2 Å². The molecule has 0 aliphatic carbocycles. The highest BCUT2D eigenvalue weighted by molar-refractivity contribution is 7.17. The van der Waals surface area contributed by atoms with E-state index in [-0.39, 0.29) is 11.9 Å². The lowest BCUT2D eigenvalue weighted by Gasteiger charge is -2.13. The van der Waals surface area contributed by atoms with Crippen LogP contribution in [0.3, 0.4) is 0 Å². The Morgan fingerprint density at radius 2 is 1.79 bits per heavy atom. The van der Waals surface area contributed by atoms with E-state index >= 15 is 0 Å². The van der Waals surface area contributed by atoms with Crippen LogP contribution in [0, 0.1) is 0 Å². The molecule has 3 heteroatoms. The third-order valence-corrected chi connectivity index (χ3v) is 5.51. The van der Waals surface area contributed by atoms with Crippen molar-refractivity contribution < 1.29 is 4.79 Å². The summed E-state index contributed by atoms with van der Waals surface area (Å²) in [6.07, 6.45) is 10.3. The van der Waals surface area contributed by atoms with Crippen LogP contribution in [0.25, 0.3) is 10.1 Å². The third-order valence-electron chi connectivity index (χ3n) is 4.50. The molecule has 0 saturated carbocycles. The summed E-state index contributed by atoms with van der Waals surface area (Å²) in [4.78, 5) is 12.1. The second-order valence-corrected chi connectivity index (χ2v) is 7.71. The molecule has 0 radical (unpaired) electrons. The Morgan fingerprint density at radius 3 is 2.58 bits per heavy atom. The van der Waals surface area contributed by atoms with Gasteiger partial charge < -0.3 is 5.32 Å². The zero-order chi connectivity index (χ0) is 17.2. The largest absolute Gasteiger partial charge is 0.353 e. The van der Waals surface area contributed by atoms with Crippen molar-refractivity contribution >= 4 is 27.3 Å². The maximum Gasteiger partial charge on any atom is 0.220 e. The first-order valence-corrected chi connectivity index (χ1v) is 10.3. The summed E-state index contributed by atoms with van der Waals surface area (Å²) < 4.78 is 1.33. The van der Waals surface area contributed by atoms with Crippen LogP contribution in [-0.2, 0) is 11.2 Å². The Morgan fingerprint density at radius 1 is 1.08 bits per heavy atom. The molecular formula is C21H31NOS. The number of fused-ring (bicyclic) bond motifs is 1. The summed E-state index contributed by atoms with van der Waals surface area (Å²) in [5.74, 6) is 0.204. The molecule has 0 saturated heterocycles. The van der Waals surface area contributed by atoms with E-state index in [0.29, 0.717) is 6.42 Å². The molecule has 2 rings (SSSR count). The molecule has 1 aromatic heterocycles. The number of carbonyl (C=O) groups is 1. The molecule has 0 fully saturated rings. The molecule has 0 aliphatic heterocycles. The molecule has 2 nitrogen and oxygen atoms in total. The Bertz CT molecular complexity index is 619. The first-order valence-electron chi connectivity index (χ1n) is 9.45. The van der Waals surface area contributed by atoms with E-state index < -0.39 is 0 Å². The van der Waals surface area contributed by atoms with Crippen LogP contribution in [0.5, 0.6) is 0 Å². The van der Waals surface area contributed by atoms with Crippen molar-refractivity contribution in [2.24, 2.45) is 0 Å². The third kappa shape index (κ3) is 6.27. The molecule has 2 aromatic rings. The Labute approximate surface area is 150 Å². The number of benzene rings is 1. The molecule has 0 spiro atoms. The van der Waals surface area contributed by atoms with Crippen molar-refractivity contribution in [1.82, 2.24) is 5.32 Å². The van der Waals surface area contributed by atoms with Gasteiger partial charge in [-0.1, -0.05) is 63.6 Å². The number of unbranched alkanes of at least 4 members (excludes halogenated alkanes) is 6. The molecule has 24 heavy (non-hydrogen) atoms. The van der Waals surface area contributed by atoms with Gasteiger partial charge in [0.25, 0.3) is 0 Å². The van der Waals surface area contributed by atoms with Gasteiger partial charge in [-0.25, -0.2) is 0 Å². The number of amides is 1. The second kappa shape index (κ2) is 10.5. The number of nitrogens with one attached hydrogen (secondary N) is 1. The van der Waals surface area contributed by atoms with E-state index in [9.17, 15) is 4.79 Å². The lowest BCUT2D eigenvalue weighted by atomic mass is 10.1. The fraction of sp³-hybridized carbons (Fsp3) is 0.571. The van der Waals surface area contributed by atoms with Crippen LogP contribution in [0.4, 0.5) is 0 Å². The van der Waals surface area contributed by atoms with Crippen LogP contribution in [0.15, 0.2) is 29.6 Å². The van der Waals surface area contributed by atoms with Gasteiger partial charge in [0.05, 0.1) is 0 Å². The Hall–Kier alpha value is -1.35. The number of thiophene rings is 1.